The first-order valence-corrected chi connectivity index (χ1v) is 6.72. The highest BCUT2D eigenvalue weighted by Gasteiger charge is 2.13. The molecule has 0 bridgehead atoms. The molecule has 0 aliphatic rings. The minimum absolute atomic E-state index is 0.298. The smallest absolute Gasteiger partial charge is 0.0728 e. The fraction of sp³-hybridized carbons (Fsp3) is 0.455. The van der Waals surface area contributed by atoms with Crippen LogP contribution in [0.1, 0.15) is 20.8 Å². The quantitative estimate of drug-likeness (QED) is 0.748. The molecule has 3 nitrogen and oxygen atoms in total. The molecule has 2 N–H and O–H groups in total. The number of anilines is 1. The summed E-state index contributed by atoms with van der Waals surface area (Å²) in [4.78, 5) is 0.728. The Morgan fingerprint density at radius 3 is 2.07 bits per heavy atom. The van der Waals surface area contributed by atoms with E-state index in [0.29, 0.717) is 5.69 Å². The first-order valence-electron chi connectivity index (χ1n) is 4.80. The van der Waals surface area contributed by atoms with E-state index >= 15 is 0 Å². The van der Waals surface area contributed by atoms with Crippen LogP contribution in [0.2, 0.25) is 0 Å². The van der Waals surface area contributed by atoms with Crippen LogP contribution in [0, 0.1) is 0 Å². The molecule has 0 aliphatic heterocycles. The van der Waals surface area contributed by atoms with E-state index in [1.54, 1.807) is 30.5 Å². The molecule has 1 aromatic rings. The van der Waals surface area contributed by atoms with Gasteiger partial charge in [0.15, 0.2) is 0 Å². The predicted octanol–water partition coefficient (Wildman–Crippen LogP) is 2.52. The Labute approximate surface area is 91.9 Å². The number of nitrogens with zero attached hydrogens (tertiary/aromatic N) is 1. The number of hydrogen-bond donors (Lipinski definition) is 1. The molecule has 84 valence electrons. The van der Waals surface area contributed by atoms with Crippen molar-refractivity contribution in [3.8, 4) is 0 Å². The van der Waals surface area contributed by atoms with Gasteiger partial charge >= 0.3 is 0 Å². The van der Waals surface area contributed by atoms with E-state index in [2.05, 4.69) is 4.36 Å². The Kier molecular flexibility index (Phi) is 3.09. The maximum atomic E-state index is 12.3. The van der Waals surface area contributed by atoms with E-state index < -0.39 is 9.73 Å². The van der Waals surface area contributed by atoms with Crippen LogP contribution < -0.4 is 5.73 Å². The lowest BCUT2D eigenvalue weighted by atomic mass is 10.1. The van der Waals surface area contributed by atoms with Gasteiger partial charge in [0, 0.05) is 16.8 Å². The maximum Gasteiger partial charge on any atom is 0.0728 e. The van der Waals surface area contributed by atoms with Crippen molar-refractivity contribution in [3.05, 3.63) is 24.3 Å². The van der Waals surface area contributed by atoms with Crippen molar-refractivity contribution in [3.63, 3.8) is 0 Å². The van der Waals surface area contributed by atoms with Crippen LogP contribution in [0.5, 0.6) is 0 Å². The number of benzene rings is 1. The lowest BCUT2D eigenvalue weighted by molar-refractivity contribution is 0.582. The minimum atomic E-state index is -2.32. The van der Waals surface area contributed by atoms with Crippen LogP contribution in [0.4, 0.5) is 5.69 Å². The van der Waals surface area contributed by atoms with Crippen LogP contribution in [-0.4, -0.2) is 16.0 Å². The molecular formula is C11H18N2OS. The summed E-state index contributed by atoms with van der Waals surface area (Å²) in [5.41, 5.74) is 5.95. The van der Waals surface area contributed by atoms with E-state index in [1.807, 2.05) is 20.8 Å². The summed E-state index contributed by atoms with van der Waals surface area (Å²) in [5.74, 6) is 0. The molecule has 1 rings (SSSR count). The first kappa shape index (κ1) is 12.0. The Bertz CT molecular complexity index is 448. The van der Waals surface area contributed by atoms with Crippen molar-refractivity contribution < 1.29 is 4.21 Å². The van der Waals surface area contributed by atoms with Gasteiger partial charge in [0.1, 0.15) is 0 Å². The molecule has 4 heteroatoms. The van der Waals surface area contributed by atoms with Gasteiger partial charge in [-0.05, 0) is 45.0 Å². The molecule has 0 saturated carbocycles. The van der Waals surface area contributed by atoms with Gasteiger partial charge in [-0.25, -0.2) is 8.57 Å². The van der Waals surface area contributed by atoms with E-state index in [4.69, 9.17) is 5.73 Å². The topological polar surface area (TPSA) is 55.5 Å². The van der Waals surface area contributed by atoms with Crippen LogP contribution >= 0.6 is 0 Å². The molecule has 15 heavy (non-hydrogen) atoms. The molecule has 1 unspecified atom stereocenters. The molecule has 0 radical (unpaired) electrons. The maximum absolute atomic E-state index is 12.3. The van der Waals surface area contributed by atoms with Crippen molar-refractivity contribution >= 4 is 15.4 Å². The zero-order valence-corrected chi connectivity index (χ0v) is 10.5. The minimum Gasteiger partial charge on any atom is -0.399 e. The monoisotopic (exact) mass is 226 g/mol. The third kappa shape index (κ3) is 3.55. The molecule has 0 heterocycles. The summed E-state index contributed by atoms with van der Waals surface area (Å²) in [6, 6.07) is 7.03. The van der Waals surface area contributed by atoms with Gasteiger partial charge in [-0.3, -0.25) is 0 Å². The summed E-state index contributed by atoms with van der Waals surface area (Å²) in [7, 11) is -2.32. The Balaban J connectivity index is 3.23. The molecule has 0 fully saturated rings. The van der Waals surface area contributed by atoms with Gasteiger partial charge in [0.25, 0.3) is 0 Å². The summed E-state index contributed by atoms with van der Waals surface area (Å²) in [6.45, 7) is 5.81. The summed E-state index contributed by atoms with van der Waals surface area (Å²) >= 11 is 0. The van der Waals surface area contributed by atoms with Crippen molar-refractivity contribution in [2.24, 2.45) is 4.36 Å². The normalized spacial score (nSPS) is 15.7. The second-order valence-corrected chi connectivity index (χ2v) is 6.89. The molecule has 1 atom stereocenters. The van der Waals surface area contributed by atoms with Crippen LogP contribution in [-0.2, 0) is 9.73 Å². The standard InChI is InChI=1S/C11H18N2OS/c1-11(2,3)13-15(4,14)10-7-5-9(12)6-8-10/h5-8H,12H2,1-4H3. The highest BCUT2D eigenvalue weighted by molar-refractivity contribution is 7.93. The Hall–Kier alpha value is -1.03. The van der Waals surface area contributed by atoms with Crippen LogP contribution in [0.25, 0.3) is 0 Å². The van der Waals surface area contributed by atoms with E-state index in [0.717, 1.165) is 4.90 Å². The lowest BCUT2D eigenvalue weighted by Gasteiger charge is -2.15. The van der Waals surface area contributed by atoms with Gasteiger partial charge < -0.3 is 5.73 Å². The molecule has 0 saturated heterocycles. The SMILES string of the molecule is CC(C)(C)N=S(C)(=O)c1ccc(N)cc1. The first-order chi connectivity index (χ1) is 6.71. The van der Waals surface area contributed by atoms with Crippen molar-refractivity contribution in [1.29, 1.82) is 0 Å². The third-order valence-corrected chi connectivity index (χ3v) is 3.81. The lowest BCUT2D eigenvalue weighted by Crippen LogP contribution is -2.13. The van der Waals surface area contributed by atoms with Gasteiger partial charge in [0.2, 0.25) is 0 Å². The van der Waals surface area contributed by atoms with Gasteiger partial charge in [-0.15, -0.1) is 0 Å². The average Bonchev–Trinajstić information content (AvgIpc) is 2.00. The summed E-state index contributed by atoms with van der Waals surface area (Å²) in [5, 5.41) is 0. The number of rotatable bonds is 1. The number of hydrogen-bond acceptors (Lipinski definition) is 3. The van der Waals surface area contributed by atoms with Crippen LogP contribution in [0.3, 0.4) is 0 Å². The Morgan fingerprint density at radius 2 is 1.67 bits per heavy atom. The van der Waals surface area contributed by atoms with Crippen LogP contribution in [0.15, 0.2) is 33.5 Å². The average molecular weight is 226 g/mol. The molecule has 0 aromatic heterocycles. The number of nitrogen functional groups attached to an aromatic ring is 1. The van der Waals surface area contributed by atoms with E-state index in [-0.39, 0.29) is 5.54 Å². The Morgan fingerprint density at radius 1 is 1.20 bits per heavy atom. The van der Waals surface area contributed by atoms with Gasteiger partial charge in [-0.2, -0.15) is 0 Å². The van der Waals surface area contributed by atoms with Crippen molar-refractivity contribution in [2.45, 2.75) is 31.2 Å². The molecule has 0 spiro atoms. The van der Waals surface area contributed by atoms with Crippen molar-refractivity contribution in [1.82, 2.24) is 0 Å². The second kappa shape index (κ2) is 3.85. The second-order valence-electron chi connectivity index (χ2n) is 4.63. The van der Waals surface area contributed by atoms with Gasteiger partial charge in [-0.1, -0.05) is 0 Å². The molecular weight excluding hydrogens is 208 g/mol. The molecule has 1 aromatic carbocycles. The highest BCUT2D eigenvalue weighted by Crippen LogP contribution is 2.18. The fourth-order valence-corrected chi connectivity index (χ4v) is 3.09. The number of nitrogens with two attached hydrogens (primary N) is 1. The zero-order valence-electron chi connectivity index (χ0n) is 9.65. The molecule has 0 aliphatic carbocycles. The molecule has 0 amide bonds. The highest BCUT2D eigenvalue weighted by atomic mass is 32.2. The van der Waals surface area contributed by atoms with E-state index in [1.165, 1.54) is 0 Å². The zero-order chi connectivity index (χ0) is 11.7. The van der Waals surface area contributed by atoms with Crippen molar-refractivity contribution in [2.75, 3.05) is 12.0 Å². The third-order valence-electron chi connectivity index (χ3n) is 1.77. The van der Waals surface area contributed by atoms with Gasteiger partial charge in [0.05, 0.1) is 15.3 Å². The summed E-state index contributed by atoms with van der Waals surface area (Å²) < 4.78 is 16.6. The fourth-order valence-electron chi connectivity index (χ4n) is 1.30. The van der Waals surface area contributed by atoms with E-state index in [9.17, 15) is 4.21 Å². The predicted molar refractivity (Wildman–Crippen MR) is 65.4 cm³/mol. The summed E-state index contributed by atoms with van der Waals surface area (Å²) in [6.07, 6.45) is 1.66. The largest absolute Gasteiger partial charge is 0.399 e.